The molecule has 2 fully saturated rings. The van der Waals surface area contributed by atoms with Gasteiger partial charge in [0, 0.05) is 36.5 Å². The number of thiophene rings is 1. The van der Waals surface area contributed by atoms with Crippen LogP contribution >= 0.6 is 11.3 Å². The Bertz CT molecular complexity index is 596. The summed E-state index contributed by atoms with van der Waals surface area (Å²) in [4.78, 5) is 28.6. The van der Waals surface area contributed by atoms with E-state index in [9.17, 15) is 9.59 Å². The van der Waals surface area contributed by atoms with Gasteiger partial charge >= 0.3 is 0 Å². The van der Waals surface area contributed by atoms with E-state index in [1.807, 2.05) is 13.0 Å². The Morgan fingerprint density at radius 2 is 2.00 bits per heavy atom. The highest BCUT2D eigenvalue weighted by atomic mass is 32.1. The standard InChI is InChI=1S/C20H31N3O2S/c1-3-21-20(25)18-11-16(12-23(18)13-17-5-4-10-26-17)22-19(24)15-8-6-14(2)7-9-15/h4-5,10,14-16,18H,3,6-9,11-13H2,1-2H3,(H,21,25)(H,22,24)/t14?,15?,16-,18-/m0/s1. The number of likely N-dealkylation sites (N-methyl/N-ethyl adjacent to an activating group) is 1. The molecule has 1 aliphatic carbocycles. The first-order valence-corrected chi connectivity index (χ1v) is 10.8. The quantitative estimate of drug-likeness (QED) is 0.801. The summed E-state index contributed by atoms with van der Waals surface area (Å²) in [6.07, 6.45) is 4.99. The summed E-state index contributed by atoms with van der Waals surface area (Å²) in [6, 6.07) is 4.05. The minimum absolute atomic E-state index is 0.0643. The minimum Gasteiger partial charge on any atom is -0.355 e. The Hall–Kier alpha value is -1.40. The van der Waals surface area contributed by atoms with Crippen molar-refractivity contribution in [2.45, 2.75) is 64.6 Å². The predicted octanol–water partition coefficient (Wildman–Crippen LogP) is 2.77. The lowest BCUT2D eigenvalue weighted by Crippen LogP contribution is -2.42. The van der Waals surface area contributed by atoms with Crippen molar-refractivity contribution in [2.24, 2.45) is 11.8 Å². The number of rotatable bonds is 6. The number of nitrogens with one attached hydrogen (secondary N) is 2. The molecule has 0 bridgehead atoms. The van der Waals surface area contributed by atoms with Gasteiger partial charge in [0.25, 0.3) is 0 Å². The Morgan fingerprint density at radius 1 is 1.23 bits per heavy atom. The Labute approximate surface area is 160 Å². The lowest BCUT2D eigenvalue weighted by Gasteiger charge is -2.26. The van der Waals surface area contributed by atoms with Crippen LogP contribution in [0.2, 0.25) is 0 Å². The second-order valence-corrected chi connectivity index (χ2v) is 8.85. The van der Waals surface area contributed by atoms with E-state index in [0.29, 0.717) is 13.0 Å². The highest BCUT2D eigenvalue weighted by Gasteiger charge is 2.38. The van der Waals surface area contributed by atoms with Gasteiger partial charge in [-0.05, 0) is 56.4 Å². The lowest BCUT2D eigenvalue weighted by atomic mass is 9.82. The number of likely N-dealkylation sites (tertiary alicyclic amines) is 1. The fourth-order valence-electron chi connectivity index (χ4n) is 4.19. The van der Waals surface area contributed by atoms with Gasteiger partial charge < -0.3 is 10.6 Å². The van der Waals surface area contributed by atoms with E-state index in [1.54, 1.807) is 11.3 Å². The van der Waals surface area contributed by atoms with E-state index in [-0.39, 0.29) is 29.8 Å². The molecule has 2 N–H and O–H groups in total. The van der Waals surface area contributed by atoms with Gasteiger partial charge in [-0.1, -0.05) is 13.0 Å². The number of carbonyl (C=O) groups is 2. The molecule has 6 heteroatoms. The number of nitrogens with zero attached hydrogens (tertiary/aromatic N) is 1. The average Bonchev–Trinajstić information content (AvgIpc) is 3.26. The predicted molar refractivity (Wildman–Crippen MR) is 105 cm³/mol. The SMILES string of the molecule is CCNC(=O)[C@@H]1C[C@H](NC(=O)C2CCC(C)CC2)CN1Cc1cccs1. The van der Waals surface area contributed by atoms with Crippen LogP contribution in [0.5, 0.6) is 0 Å². The molecule has 0 unspecified atom stereocenters. The van der Waals surface area contributed by atoms with Crippen LogP contribution in [0.15, 0.2) is 17.5 Å². The van der Waals surface area contributed by atoms with Crippen molar-refractivity contribution in [3.63, 3.8) is 0 Å². The third-order valence-corrected chi connectivity index (χ3v) is 6.59. The number of hydrogen-bond donors (Lipinski definition) is 2. The van der Waals surface area contributed by atoms with Crippen molar-refractivity contribution in [2.75, 3.05) is 13.1 Å². The first-order valence-electron chi connectivity index (χ1n) is 9.91. The largest absolute Gasteiger partial charge is 0.355 e. The van der Waals surface area contributed by atoms with Crippen LogP contribution in [-0.4, -0.2) is 41.9 Å². The van der Waals surface area contributed by atoms with Crippen LogP contribution in [0.3, 0.4) is 0 Å². The maximum Gasteiger partial charge on any atom is 0.237 e. The van der Waals surface area contributed by atoms with E-state index >= 15 is 0 Å². The van der Waals surface area contributed by atoms with Crippen LogP contribution in [0.25, 0.3) is 0 Å². The molecule has 2 amide bonds. The number of carbonyl (C=O) groups excluding carboxylic acids is 2. The molecule has 1 aliphatic heterocycles. The van der Waals surface area contributed by atoms with Gasteiger partial charge in [-0.3, -0.25) is 14.5 Å². The highest BCUT2D eigenvalue weighted by Crippen LogP contribution is 2.29. The molecule has 144 valence electrons. The Kier molecular flexibility index (Phi) is 6.70. The van der Waals surface area contributed by atoms with Crippen molar-refractivity contribution < 1.29 is 9.59 Å². The Balaban J connectivity index is 1.59. The number of hydrogen-bond acceptors (Lipinski definition) is 4. The molecule has 0 radical (unpaired) electrons. The zero-order chi connectivity index (χ0) is 18.5. The van der Waals surface area contributed by atoms with Crippen molar-refractivity contribution >= 4 is 23.2 Å². The molecular formula is C20H31N3O2S. The van der Waals surface area contributed by atoms with Crippen LogP contribution in [0, 0.1) is 11.8 Å². The van der Waals surface area contributed by atoms with Crippen LogP contribution in [0.1, 0.15) is 50.8 Å². The number of amides is 2. The molecule has 1 aromatic rings. The van der Waals surface area contributed by atoms with E-state index in [2.05, 4.69) is 33.9 Å². The molecular weight excluding hydrogens is 346 g/mol. The van der Waals surface area contributed by atoms with Gasteiger partial charge in [0.2, 0.25) is 11.8 Å². The topological polar surface area (TPSA) is 61.4 Å². The fraction of sp³-hybridized carbons (Fsp3) is 0.700. The zero-order valence-corrected chi connectivity index (χ0v) is 16.7. The molecule has 0 spiro atoms. The highest BCUT2D eigenvalue weighted by molar-refractivity contribution is 7.09. The van der Waals surface area contributed by atoms with Crippen LogP contribution in [0.4, 0.5) is 0 Å². The molecule has 26 heavy (non-hydrogen) atoms. The minimum atomic E-state index is -0.159. The van der Waals surface area contributed by atoms with Gasteiger partial charge in [0.1, 0.15) is 0 Å². The van der Waals surface area contributed by atoms with Gasteiger partial charge in [0.05, 0.1) is 6.04 Å². The monoisotopic (exact) mass is 377 g/mol. The zero-order valence-electron chi connectivity index (χ0n) is 15.9. The smallest absolute Gasteiger partial charge is 0.237 e. The van der Waals surface area contributed by atoms with Crippen LogP contribution in [-0.2, 0) is 16.1 Å². The normalized spacial score (nSPS) is 29.5. The summed E-state index contributed by atoms with van der Waals surface area (Å²) in [5.41, 5.74) is 0. The summed E-state index contributed by atoms with van der Waals surface area (Å²) in [5, 5.41) is 8.26. The van der Waals surface area contributed by atoms with E-state index < -0.39 is 0 Å². The molecule has 1 aromatic heterocycles. The van der Waals surface area contributed by atoms with E-state index in [0.717, 1.165) is 44.7 Å². The van der Waals surface area contributed by atoms with E-state index in [4.69, 9.17) is 0 Å². The lowest BCUT2D eigenvalue weighted by molar-refractivity contribution is -0.127. The first kappa shape index (κ1) is 19.4. The first-order chi connectivity index (χ1) is 12.6. The molecule has 2 aliphatic rings. The average molecular weight is 378 g/mol. The van der Waals surface area contributed by atoms with Gasteiger partial charge in [-0.2, -0.15) is 0 Å². The van der Waals surface area contributed by atoms with E-state index in [1.165, 1.54) is 4.88 Å². The molecule has 0 aromatic carbocycles. The van der Waals surface area contributed by atoms with Gasteiger partial charge in [-0.15, -0.1) is 11.3 Å². The summed E-state index contributed by atoms with van der Waals surface area (Å²) in [5.74, 6) is 1.16. The molecule has 3 rings (SSSR count). The second-order valence-electron chi connectivity index (χ2n) is 7.82. The van der Waals surface area contributed by atoms with Crippen molar-refractivity contribution in [1.29, 1.82) is 0 Å². The maximum absolute atomic E-state index is 12.7. The summed E-state index contributed by atoms with van der Waals surface area (Å²) in [7, 11) is 0. The van der Waals surface area contributed by atoms with Gasteiger partial charge in [-0.25, -0.2) is 0 Å². The van der Waals surface area contributed by atoms with Gasteiger partial charge in [0.15, 0.2) is 0 Å². The second kappa shape index (κ2) is 9.00. The summed E-state index contributed by atoms with van der Waals surface area (Å²) < 4.78 is 0. The van der Waals surface area contributed by atoms with Crippen LogP contribution < -0.4 is 10.6 Å². The fourth-order valence-corrected chi connectivity index (χ4v) is 4.92. The molecule has 2 heterocycles. The molecule has 1 saturated carbocycles. The van der Waals surface area contributed by atoms with Crippen molar-refractivity contribution in [3.05, 3.63) is 22.4 Å². The summed E-state index contributed by atoms with van der Waals surface area (Å²) >= 11 is 1.71. The molecule has 2 atom stereocenters. The molecule has 5 nitrogen and oxygen atoms in total. The maximum atomic E-state index is 12.7. The van der Waals surface area contributed by atoms with Crippen molar-refractivity contribution in [3.8, 4) is 0 Å². The molecule has 1 saturated heterocycles. The van der Waals surface area contributed by atoms with Crippen molar-refractivity contribution in [1.82, 2.24) is 15.5 Å². The third kappa shape index (κ3) is 4.86. The Morgan fingerprint density at radius 3 is 2.65 bits per heavy atom. The summed E-state index contributed by atoms with van der Waals surface area (Å²) in [6.45, 7) is 6.37. The third-order valence-electron chi connectivity index (χ3n) is 5.73.